The molecule has 0 spiro atoms. The largest absolute Gasteiger partial charge is 0.480 e. The van der Waals surface area contributed by atoms with Crippen molar-refractivity contribution in [2.24, 2.45) is 0 Å². The molecule has 0 bridgehead atoms. The molecule has 0 unspecified atom stereocenters. The summed E-state index contributed by atoms with van der Waals surface area (Å²) < 4.78 is 23.6. The summed E-state index contributed by atoms with van der Waals surface area (Å²) in [4.78, 5) is 10.4. The summed E-state index contributed by atoms with van der Waals surface area (Å²) in [5, 5.41) is 8.47. The molecule has 0 atom stereocenters. The van der Waals surface area contributed by atoms with Gasteiger partial charge in [0, 0.05) is 0 Å². The van der Waals surface area contributed by atoms with Crippen LogP contribution in [0.1, 0.15) is 13.3 Å². The van der Waals surface area contributed by atoms with Gasteiger partial charge < -0.3 is 5.11 Å². The Kier molecular flexibility index (Phi) is 5.20. The third-order valence-corrected chi connectivity index (χ3v) is 3.40. The van der Waals surface area contributed by atoms with Crippen LogP contribution in [0.4, 0.5) is 0 Å². The molecule has 14 heavy (non-hydrogen) atoms. The van der Waals surface area contributed by atoms with E-state index < -0.39 is 22.5 Å². The predicted molar refractivity (Wildman–Crippen MR) is 52.1 cm³/mol. The highest BCUT2D eigenvalue weighted by molar-refractivity contribution is 7.89. The highest BCUT2D eigenvalue weighted by Crippen LogP contribution is 2.02. The second kappa shape index (κ2) is 5.62. The lowest BCUT2D eigenvalue weighted by Crippen LogP contribution is -2.37. The molecule has 0 aromatic rings. The molecule has 0 fully saturated rings. The van der Waals surface area contributed by atoms with Gasteiger partial charge in [-0.1, -0.05) is 12.8 Å². The first-order chi connectivity index (χ1) is 6.44. The zero-order valence-corrected chi connectivity index (χ0v) is 8.75. The minimum atomic E-state index is -3.52. The van der Waals surface area contributed by atoms with E-state index in [1.165, 1.54) is 0 Å². The van der Waals surface area contributed by atoms with Crippen LogP contribution in [0.25, 0.3) is 0 Å². The molecule has 0 rings (SSSR count). The summed E-state index contributed by atoms with van der Waals surface area (Å²) in [6, 6.07) is 0. The summed E-state index contributed by atoms with van der Waals surface area (Å²) in [5.74, 6) is 0.831. The number of sulfonamides is 1. The minimum Gasteiger partial charge on any atom is -0.480 e. The average molecular weight is 219 g/mol. The molecule has 80 valence electrons. The van der Waals surface area contributed by atoms with Gasteiger partial charge in [0.2, 0.25) is 10.0 Å². The van der Waals surface area contributed by atoms with Gasteiger partial charge in [-0.25, -0.2) is 8.42 Å². The molecule has 0 aliphatic rings. The van der Waals surface area contributed by atoms with E-state index >= 15 is 0 Å². The maximum Gasteiger partial charge on any atom is 0.318 e. The Morgan fingerprint density at radius 1 is 1.57 bits per heavy atom. The first-order valence-electron chi connectivity index (χ1n) is 4.07. The monoisotopic (exact) mass is 219 g/mol. The molecule has 0 aliphatic heterocycles. The zero-order valence-electron chi connectivity index (χ0n) is 7.93. The quantitative estimate of drug-likeness (QED) is 0.625. The first-order valence-corrected chi connectivity index (χ1v) is 5.68. The second-order valence-corrected chi connectivity index (χ2v) is 4.77. The normalized spacial score (nSPS) is 11.2. The lowest BCUT2D eigenvalue weighted by Gasteiger charge is -2.16. The van der Waals surface area contributed by atoms with Crippen molar-refractivity contribution in [2.75, 3.05) is 18.8 Å². The number of carboxylic acids is 1. The third kappa shape index (κ3) is 4.25. The van der Waals surface area contributed by atoms with E-state index in [0.29, 0.717) is 6.42 Å². The van der Waals surface area contributed by atoms with Crippen molar-refractivity contribution in [2.45, 2.75) is 13.3 Å². The van der Waals surface area contributed by atoms with Gasteiger partial charge in [0.1, 0.15) is 6.54 Å². The van der Waals surface area contributed by atoms with E-state index in [4.69, 9.17) is 11.5 Å². The fourth-order valence-electron chi connectivity index (χ4n) is 0.892. The number of hydrogen-bond donors (Lipinski definition) is 1. The number of nitrogens with zero attached hydrogens (tertiary/aromatic N) is 1. The lowest BCUT2D eigenvalue weighted by atomic mass is 10.6. The van der Waals surface area contributed by atoms with Gasteiger partial charge in [0.25, 0.3) is 0 Å². The van der Waals surface area contributed by atoms with Crippen molar-refractivity contribution in [3.05, 3.63) is 0 Å². The molecule has 0 saturated carbocycles. The van der Waals surface area contributed by atoms with Crippen molar-refractivity contribution in [1.29, 1.82) is 0 Å². The van der Waals surface area contributed by atoms with Crippen LogP contribution in [-0.4, -0.2) is 42.6 Å². The topological polar surface area (TPSA) is 74.7 Å². The smallest absolute Gasteiger partial charge is 0.318 e. The summed E-state index contributed by atoms with van der Waals surface area (Å²) in [6.07, 6.45) is 5.38. The van der Waals surface area contributed by atoms with E-state index in [1.807, 2.05) is 0 Å². The van der Waals surface area contributed by atoms with Crippen LogP contribution >= 0.6 is 0 Å². The number of aliphatic carboxylic acids is 1. The number of carboxylic acid groups (broad SMARTS) is 1. The highest BCUT2D eigenvalue weighted by Gasteiger charge is 2.22. The molecule has 0 heterocycles. The Hall–Kier alpha value is -1.06. The lowest BCUT2D eigenvalue weighted by molar-refractivity contribution is -0.137. The van der Waals surface area contributed by atoms with Gasteiger partial charge in [0.05, 0.1) is 12.3 Å². The molecule has 0 saturated heterocycles. The fourth-order valence-corrected chi connectivity index (χ4v) is 2.24. The Labute approximate surface area is 83.8 Å². The average Bonchev–Trinajstić information content (AvgIpc) is 2.02. The molecular weight excluding hydrogens is 206 g/mol. The molecule has 6 heteroatoms. The Bertz CT molecular complexity index is 328. The highest BCUT2D eigenvalue weighted by atomic mass is 32.2. The summed E-state index contributed by atoms with van der Waals surface area (Å²) in [5.41, 5.74) is 0. The van der Waals surface area contributed by atoms with Crippen molar-refractivity contribution in [3.63, 3.8) is 0 Å². The van der Waals surface area contributed by atoms with Gasteiger partial charge in [-0.2, -0.15) is 4.31 Å². The van der Waals surface area contributed by atoms with Crippen LogP contribution in [0.3, 0.4) is 0 Å². The van der Waals surface area contributed by atoms with E-state index in [2.05, 4.69) is 5.92 Å². The number of hydrogen-bond acceptors (Lipinski definition) is 3. The van der Waals surface area contributed by atoms with Gasteiger partial charge >= 0.3 is 5.97 Å². The van der Waals surface area contributed by atoms with Gasteiger partial charge in [0.15, 0.2) is 0 Å². The fraction of sp³-hybridized carbons (Fsp3) is 0.625. The van der Waals surface area contributed by atoms with E-state index in [9.17, 15) is 13.2 Å². The van der Waals surface area contributed by atoms with Crippen LogP contribution in [0.15, 0.2) is 0 Å². The summed E-state index contributed by atoms with van der Waals surface area (Å²) in [7, 11) is -3.52. The molecule has 0 radical (unpaired) electrons. The standard InChI is InChI=1S/C8H13NO4S/c1-3-5-9(7-8(10)11)14(12,13)6-4-2/h1H,4-7H2,2H3,(H,10,11). The van der Waals surface area contributed by atoms with Crippen molar-refractivity contribution in [1.82, 2.24) is 4.31 Å². The van der Waals surface area contributed by atoms with Crippen LogP contribution in [0, 0.1) is 12.3 Å². The summed E-state index contributed by atoms with van der Waals surface area (Å²) in [6.45, 7) is 0.924. The maximum atomic E-state index is 11.4. The Balaban J connectivity index is 4.65. The number of carbonyl (C=O) groups is 1. The molecule has 1 N–H and O–H groups in total. The van der Waals surface area contributed by atoms with Crippen molar-refractivity contribution < 1.29 is 18.3 Å². The number of terminal acetylenes is 1. The predicted octanol–water partition coefficient (Wildman–Crippen LogP) is -0.254. The SMILES string of the molecule is C#CCN(CC(=O)O)S(=O)(=O)CCC. The van der Waals surface area contributed by atoms with E-state index in [1.54, 1.807) is 6.92 Å². The van der Waals surface area contributed by atoms with E-state index in [0.717, 1.165) is 4.31 Å². The summed E-state index contributed by atoms with van der Waals surface area (Å²) >= 11 is 0. The molecule has 0 aromatic carbocycles. The van der Waals surface area contributed by atoms with Gasteiger partial charge in [-0.15, -0.1) is 6.42 Å². The molecule has 0 amide bonds. The van der Waals surface area contributed by atoms with E-state index in [-0.39, 0.29) is 12.3 Å². The Morgan fingerprint density at radius 2 is 2.14 bits per heavy atom. The van der Waals surface area contributed by atoms with Crippen LogP contribution < -0.4 is 0 Å². The zero-order chi connectivity index (χ0) is 11.2. The van der Waals surface area contributed by atoms with Gasteiger partial charge in [-0.3, -0.25) is 4.79 Å². The molecule has 0 aromatic heterocycles. The number of rotatable bonds is 6. The van der Waals surface area contributed by atoms with Crippen LogP contribution in [0.5, 0.6) is 0 Å². The molecule has 5 nitrogen and oxygen atoms in total. The maximum absolute atomic E-state index is 11.4. The first kappa shape index (κ1) is 12.9. The second-order valence-electron chi connectivity index (χ2n) is 2.68. The van der Waals surface area contributed by atoms with Crippen LogP contribution in [-0.2, 0) is 14.8 Å². The molecular formula is C8H13NO4S. The van der Waals surface area contributed by atoms with Crippen molar-refractivity contribution in [3.8, 4) is 12.3 Å². The minimum absolute atomic E-state index is 0.0814. The van der Waals surface area contributed by atoms with Gasteiger partial charge in [-0.05, 0) is 6.42 Å². The van der Waals surface area contributed by atoms with Crippen LogP contribution in [0.2, 0.25) is 0 Å². The third-order valence-electron chi connectivity index (χ3n) is 1.43. The Morgan fingerprint density at radius 3 is 2.50 bits per heavy atom. The van der Waals surface area contributed by atoms with Crippen molar-refractivity contribution >= 4 is 16.0 Å². The molecule has 0 aliphatic carbocycles.